The van der Waals surface area contributed by atoms with Crippen LogP contribution in [0.5, 0.6) is 0 Å². The smallest absolute Gasteiger partial charge is 0.372 e. The molecule has 0 saturated heterocycles. The molecule has 16 heteroatoms. The number of amides is 1. The van der Waals surface area contributed by atoms with Crippen molar-refractivity contribution in [1.29, 1.82) is 0 Å². The van der Waals surface area contributed by atoms with Gasteiger partial charge in [0.25, 0.3) is 0 Å². The van der Waals surface area contributed by atoms with Crippen molar-refractivity contribution in [3.63, 3.8) is 0 Å². The summed E-state index contributed by atoms with van der Waals surface area (Å²) in [6, 6.07) is 0. The number of carboxylic acid groups (broad SMARTS) is 5. The third-order valence-electron chi connectivity index (χ3n) is 3.97. The lowest BCUT2D eigenvalue weighted by Gasteiger charge is -2.20. The van der Waals surface area contributed by atoms with E-state index in [1.54, 1.807) is 0 Å². The van der Waals surface area contributed by atoms with Crippen molar-refractivity contribution in [3.8, 4) is 0 Å². The summed E-state index contributed by atoms with van der Waals surface area (Å²) in [6.45, 7) is -0.692. The Labute approximate surface area is 200 Å². The van der Waals surface area contributed by atoms with Gasteiger partial charge in [-0.15, -0.1) is 0 Å². The molecule has 0 spiro atoms. The first-order valence-electron chi connectivity index (χ1n) is 10.3. The molecule has 0 fully saturated rings. The molecule has 0 bridgehead atoms. The predicted octanol–water partition coefficient (Wildman–Crippen LogP) is -2.93. The Morgan fingerprint density at radius 3 is 1.29 bits per heavy atom. The van der Waals surface area contributed by atoms with Gasteiger partial charge in [-0.1, -0.05) is 0 Å². The topological polar surface area (TPSA) is 251 Å². The van der Waals surface area contributed by atoms with Crippen molar-refractivity contribution in [3.05, 3.63) is 0 Å². The van der Waals surface area contributed by atoms with Crippen molar-refractivity contribution >= 4 is 41.5 Å². The van der Waals surface area contributed by atoms with Crippen LogP contribution < -0.4 is 10.6 Å². The fourth-order valence-corrected chi connectivity index (χ4v) is 2.43. The first-order valence-corrected chi connectivity index (χ1v) is 10.3. The van der Waals surface area contributed by atoms with E-state index in [1.165, 1.54) is 16.8 Å². The molecule has 0 unspecified atom stereocenters. The third kappa shape index (κ3) is 23.3. The molecule has 1 amide bonds. The number of Topliss-reactive ketones (excluding diaryl/α,β-unsaturated/α-hetero) is 1. The largest absolute Gasteiger partial charge is 0.480 e. The Bertz CT molecular complexity index is 673. The Kier molecular flexibility index (Phi) is 19.0. The van der Waals surface area contributed by atoms with Gasteiger partial charge in [-0.25, -0.2) is 4.79 Å². The number of carbonyl (C=O) groups is 7. The van der Waals surface area contributed by atoms with Gasteiger partial charge in [-0.2, -0.15) is 0 Å². The van der Waals surface area contributed by atoms with Crippen LogP contribution in [0, 0.1) is 0 Å². The highest BCUT2D eigenvalue weighted by Gasteiger charge is 2.14. The van der Waals surface area contributed by atoms with E-state index in [-0.39, 0.29) is 51.3 Å². The van der Waals surface area contributed by atoms with Gasteiger partial charge in [-0.3, -0.25) is 38.6 Å². The highest BCUT2D eigenvalue weighted by Crippen LogP contribution is 1.96. The van der Waals surface area contributed by atoms with E-state index < -0.39 is 61.8 Å². The molecule has 0 aromatic heterocycles. The van der Waals surface area contributed by atoms with Crippen LogP contribution in [0.1, 0.15) is 19.3 Å². The highest BCUT2D eigenvalue weighted by atomic mass is 16.4. The molecule has 0 aromatic carbocycles. The summed E-state index contributed by atoms with van der Waals surface area (Å²) < 4.78 is 0. The fourth-order valence-electron chi connectivity index (χ4n) is 2.43. The molecule has 0 radical (unpaired) electrons. The summed E-state index contributed by atoms with van der Waals surface area (Å²) in [7, 11) is 1.49. The molecule has 0 rings (SSSR count). The van der Waals surface area contributed by atoms with Gasteiger partial charge in [0.05, 0.1) is 26.2 Å². The van der Waals surface area contributed by atoms with E-state index >= 15 is 0 Å². The van der Waals surface area contributed by atoms with Crippen LogP contribution in [0.25, 0.3) is 0 Å². The van der Waals surface area contributed by atoms with E-state index in [0.717, 1.165) is 0 Å². The van der Waals surface area contributed by atoms with Crippen LogP contribution in [0.3, 0.4) is 0 Å². The maximum absolute atomic E-state index is 10.6. The van der Waals surface area contributed by atoms with Crippen LogP contribution in [0.2, 0.25) is 0 Å². The lowest BCUT2D eigenvalue weighted by atomic mass is 10.2. The minimum atomic E-state index is -1.44. The number of nitrogens with one attached hydrogen (secondary N) is 2. The number of carbonyl (C=O) groups excluding carboxylic acids is 2. The molecule has 0 saturated carbocycles. The average Bonchev–Trinajstić information content (AvgIpc) is 2.71. The van der Waals surface area contributed by atoms with Crippen LogP contribution >= 0.6 is 0 Å². The Morgan fingerprint density at radius 2 is 1.00 bits per heavy atom. The zero-order valence-corrected chi connectivity index (χ0v) is 19.3. The van der Waals surface area contributed by atoms with E-state index in [1.807, 2.05) is 0 Å². The molecule has 0 atom stereocenters. The maximum Gasteiger partial charge on any atom is 0.372 e. The van der Waals surface area contributed by atoms with Gasteiger partial charge in [-0.05, 0) is 6.42 Å². The SMILES string of the molecule is CNC(=O)CCCC(=O)C(=O)O.O=C(O)CN(CCNCCN(CC(=O)O)CC(=O)O)CC(=O)O. The van der Waals surface area contributed by atoms with E-state index in [2.05, 4.69) is 10.6 Å². The molecular weight excluding hydrogens is 476 g/mol. The van der Waals surface area contributed by atoms with Crippen LogP contribution in [-0.4, -0.2) is 136 Å². The molecule has 0 heterocycles. The fraction of sp³-hybridized carbons (Fsp3) is 0.632. The van der Waals surface area contributed by atoms with Crippen molar-refractivity contribution in [2.45, 2.75) is 19.3 Å². The van der Waals surface area contributed by atoms with Gasteiger partial charge in [0.15, 0.2) is 0 Å². The average molecular weight is 508 g/mol. The molecule has 16 nitrogen and oxygen atoms in total. The summed E-state index contributed by atoms with van der Waals surface area (Å²) >= 11 is 0. The summed E-state index contributed by atoms with van der Waals surface area (Å²) in [5.74, 6) is -7.03. The van der Waals surface area contributed by atoms with E-state index in [9.17, 15) is 33.6 Å². The van der Waals surface area contributed by atoms with E-state index in [4.69, 9.17) is 25.5 Å². The van der Waals surface area contributed by atoms with Gasteiger partial charge < -0.3 is 36.2 Å². The van der Waals surface area contributed by atoms with Crippen molar-refractivity contribution in [1.82, 2.24) is 20.4 Å². The zero-order valence-electron chi connectivity index (χ0n) is 19.3. The number of carboxylic acids is 5. The third-order valence-corrected chi connectivity index (χ3v) is 3.97. The Hall–Kier alpha value is -3.63. The lowest BCUT2D eigenvalue weighted by molar-refractivity contribution is -0.149. The first kappa shape index (κ1) is 33.5. The molecule has 0 aromatic rings. The molecule has 0 aliphatic rings. The highest BCUT2D eigenvalue weighted by molar-refractivity contribution is 6.32. The second-order valence-electron chi connectivity index (χ2n) is 7.00. The summed E-state index contributed by atoms with van der Waals surface area (Å²) in [4.78, 5) is 75.9. The number of aliphatic carboxylic acids is 5. The number of hydrogen-bond acceptors (Lipinski definition) is 10. The molecule has 7 N–H and O–H groups in total. The van der Waals surface area contributed by atoms with Gasteiger partial charge >= 0.3 is 29.8 Å². The minimum Gasteiger partial charge on any atom is -0.480 e. The maximum atomic E-state index is 10.6. The zero-order chi connectivity index (χ0) is 27.4. The van der Waals surface area contributed by atoms with Crippen LogP contribution in [0.4, 0.5) is 0 Å². The van der Waals surface area contributed by atoms with Gasteiger partial charge in [0, 0.05) is 46.1 Å². The van der Waals surface area contributed by atoms with E-state index in [0.29, 0.717) is 0 Å². The number of nitrogens with zero attached hydrogens (tertiary/aromatic N) is 2. The van der Waals surface area contributed by atoms with Crippen molar-refractivity contribution in [2.75, 3.05) is 59.4 Å². The lowest BCUT2D eigenvalue weighted by Crippen LogP contribution is -2.42. The van der Waals surface area contributed by atoms with Crippen molar-refractivity contribution in [2.24, 2.45) is 0 Å². The molecule has 0 aliphatic carbocycles. The Balaban J connectivity index is 0. The standard InChI is InChI=1S/C12H21N3O8.C7H11NO4/c16-9(17)5-14(6-10(18)19)3-1-13-2-4-15(7-11(20)21)8-12(22)23;1-8-6(10)4-2-3-5(9)7(11)12/h13H,1-8H2,(H,16,17)(H,18,19)(H,20,21)(H,22,23);2-4H2,1H3,(H,8,10)(H,11,12). The Morgan fingerprint density at radius 1 is 0.629 bits per heavy atom. The molecular formula is C19H32N4O12. The first-order chi connectivity index (χ1) is 16.3. The number of ketones is 1. The normalized spacial score (nSPS) is 10.3. The van der Waals surface area contributed by atoms with Crippen LogP contribution in [-0.2, 0) is 33.6 Å². The van der Waals surface area contributed by atoms with Gasteiger partial charge in [0.1, 0.15) is 0 Å². The monoisotopic (exact) mass is 508 g/mol. The van der Waals surface area contributed by atoms with Crippen LogP contribution in [0.15, 0.2) is 0 Å². The van der Waals surface area contributed by atoms with Crippen molar-refractivity contribution < 1.29 is 59.1 Å². The number of rotatable bonds is 19. The molecule has 200 valence electrons. The molecule has 0 aliphatic heterocycles. The quantitative estimate of drug-likeness (QED) is 0.0681. The van der Waals surface area contributed by atoms with Gasteiger partial charge in [0.2, 0.25) is 11.7 Å². The second-order valence-corrected chi connectivity index (χ2v) is 7.00. The molecule has 35 heavy (non-hydrogen) atoms. The summed E-state index contributed by atoms with van der Waals surface area (Å²) in [5.41, 5.74) is 0. The minimum absolute atomic E-state index is 0.0806. The number of hydrogen-bond donors (Lipinski definition) is 7. The summed E-state index contributed by atoms with van der Waals surface area (Å²) in [5, 5.41) is 48.1. The predicted molar refractivity (Wildman–Crippen MR) is 117 cm³/mol. The second kappa shape index (κ2) is 19.8. The summed E-state index contributed by atoms with van der Waals surface area (Å²) in [6.07, 6.45) is 0.392.